The number of rotatable bonds is 2. The summed E-state index contributed by atoms with van der Waals surface area (Å²) in [6.07, 6.45) is 3.23. The number of fused-ring (bicyclic) bond motifs is 1. The lowest BCUT2D eigenvalue weighted by molar-refractivity contribution is -0.120. The molecule has 0 aromatic carbocycles. The van der Waals surface area contributed by atoms with Crippen molar-refractivity contribution >= 4 is 29.0 Å². The van der Waals surface area contributed by atoms with E-state index in [0.29, 0.717) is 12.3 Å². The Morgan fingerprint density at radius 2 is 2.35 bits per heavy atom. The number of halogens is 1. The van der Waals surface area contributed by atoms with Gasteiger partial charge in [0.05, 0.1) is 18.8 Å². The van der Waals surface area contributed by atoms with Crippen LogP contribution in [0.3, 0.4) is 0 Å². The van der Waals surface area contributed by atoms with E-state index in [2.05, 4.69) is 14.9 Å². The van der Waals surface area contributed by atoms with Crippen molar-refractivity contribution in [3.05, 3.63) is 11.5 Å². The maximum absolute atomic E-state index is 12.5. The van der Waals surface area contributed by atoms with Crippen LogP contribution in [0, 0.1) is 0 Å². The molecule has 1 amide bonds. The summed E-state index contributed by atoms with van der Waals surface area (Å²) in [7, 11) is 1.75. The zero-order valence-electron chi connectivity index (χ0n) is 11.5. The predicted molar refractivity (Wildman–Crippen MR) is 76.2 cm³/mol. The van der Waals surface area contributed by atoms with Gasteiger partial charge in [0.2, 0.25) is 11.2 Å². The molecule has 6 nitrogen and oxygen atoms in total. The molecule has 0 N–H and O–H groups in total. The second-order valence-electron chi connectivity index (χ2n) is 5.09. The molecule has 2 aliphatic heterocycles. The van der Waals surface area contributed by atoms with Crippen LogP contribution in [0.25, 0.3) is 0 Å². The summed E-state index contributed by atoms with van der Waals surface area (Å²) in [6.45, 7) is 3.34. The van der Waals surface area contributed by atoms with E-state index in [9.17, 15) is 4.79 Å². The van der Waals surface area contributed by atoms with Crippen LogP contribution in [0.4, 0.5) is 11.5 Å². The highest BCUT2D eigenvalue weighted by Crippen LogP contribution is 2.37. The first-order valence-electron chi connectivity index (χ1n) is 6.79. The second kappa shape index (κ2) is 5.18. The smallest absolute Gasteiger partial charge is 0.249 e. The van der Waals surface area contributed by atoms with Gasteiger partial charge in [-0.2, -0.15) is 4.98 Å². The van der Waals surface area contributed by atoms with Crippen molar-refractivity contribution in [1.29, 1.82) is 0 Å². The number of hydrogen-bond donors (Lipinski definition) is 0. The Kier molecular flexibility index (Phi) is 3.52. The first kappa shape index (κ1) is 13.6. The van der Waals surface area contributed by atoms with Gasteiger partial charge in [-0.1, -0.05) is 6.92 Å². The average Bonchev–Trinajstić information content (AvgIpc) is 2.96. The summed E-state index contributed by atoms with van der Waals surface area (Å²) in [5, 5.41) is 0.199. The molecule has 20 heavy (non-hydrogen) atoms. The Balaban J connectivity index is 2.11. The van der Waals surface area contributed by atoms with Crippen LogP contribution < -0.4 is 9.80 Å². The van der Waals surface area contributed by atoms with Gasteiger partial charge in [0.15, 0.2) is 5.82 Å². The highest BCUT2D eigenvalue weighted by molar-refractivity contribution is 6.28. The molecule has 3 heterocycles. The van der Waals surface area contributed by atoms with Crippen molar-refractivity contribution < 1.29 is 9.53 Å². The van der Waals surface area contributed by atoms with E-state index in [1.165, 1.54) is 0 Å². The number of anilines is 2. The third-order valence-corrected chi connectivity index (χ3v) is 4.15. The lowest BCUT2D eigenvalue weighted by Gasteiger charge is -2.42. The van der Waals surface area contributed by atoms with E-state index in [1.54, 1.807) is 18.1 Å². The maximum atomic E-state index is 12.5. The lowest BCUT2D eigenvalue weighted by atomic mass is 10.0. The summed E-state index contributed by atoms with van der Waals surface area (Å²) in [5.74, 6) is 0.798. The summed E-state index contributed by atoms with van der Waals surface area (Å²) in [6, 6.07) is -0.0486. The van der Waals surface area contributed by atoms with E-state index in [4.69, 9.17) is 16.3 Å². The Bertz CT molecular complexity index is 533. The minimum absolute atomic E-state index is 0.0674. The Labute approximate surface area is 122 Å². The van der Waals surface area contributed by atoms with Crippen molar-refractivity contribution in [2.45, 2.75) is 31.8 Å². The molecule has 0 spiro atoms. The van der Waals surface area contributed by atoms with E-state index in [1.807, 2.05) is 6.92 Å². The highest BCUT2D eigenvalue weighted by Gasteiger charge is 2.41. The third kappa shape index (κ3) is 2.03. The largest absolute Gasteiger partial charge is 0.379 e. The number of hydrogen-bond acceptors (Lipinski definition) is 5. The minimum atomic E-state index is -0.217. The SMILES string of the molecule is CC[C@@H]1C(=O)N(C)c2cnc(Cl)nc2N1[C@@H]1CCOC1. The van der Waals surface area contributed by atoms with E-state index in [0.717, 1.165) is 25.3 Å². The number of likely N-dealkylation sites (N-methyl/N-ethyl adjacent to an activating group) is 1. The zero-order valence-corrected chi connectivity index (χ0v) is 12.3. The van der Waals surface area contributed by atoms with Gasteiger partial charge in [-0.25, -0.2) is 4.98 Å². The summed E-state index contributed by atoms with van der Waals surface area (Å²) < 4.78 is 5.47. The monoisotopic (exact) mass is 296 g/mol. The van der Waals surface area contributed by atoms with Gasteiger partial charge in [0, 0.05) is 13.7 Å². The zero-order chi connectivity index (χ0) is 14.3. The van der Waals surface area contributed by atoms with Gasteiger partial charge in [-0.3, -0.25) is 4.79 Å². The molecular formula is C13H17ClN4O2. The molecule has 1 aromatic rings. The molecule has 0 radical (unpaired) electrons. The van der Waals surface area contributed by atoms with Crippen molar-refractivity contribution in [3.63, 3.8) is 0 Å². The number of ether oxygens (including phenoxy) is 1. The second-order valence-corrected chi connectivity index (χ2v) is 5.43. The fourth-order valence-electron chi connectivity index (χ4n) is 2.92. The van der Waals surface area contributed by atoms with Gasteiger partial charge in [0.25, 0.3) is 0 Å². The lowest BCUT2D eigenvalue weighted by Crippen LogP contribution is -2.56. The van der Waals surface area contributed by atoms with Crippen LogP contribution in [0.2, 0.25) is 5.28 Å². The number of amides is 1. The van der Waals surface area contributed by atoms with Crippen LogP contribution in [0.1, 0.15) is 19.8 Å². The van der Waals surface area contributed by atoms with E-state index >= 15 is 0 Å². The van der Waals surface area contributed by atoms with Crippen LogP contribution in [-0.2, 0) is 9.53 Å². The summed E-state index contributed by atoms with van der Waals surface area (Å²) in [4.78, 5) is 24.6. The van der Waals surface area contributed by atoms with Gasteiger partial charge in [0.1, 0.15) is 11.7 Å². The topological polar surface area (TPSA) is 58.6 Å². The molecule has 2 aliphatic rings. The standard InChI is InChI=1S/C13H17ClN4O2/c1-3-9-12(19)17(2)10-6-15-13(14)16-11(10)18(9)8-4-5-20-7-8/h6,8-9H,3-5,7H2,1-2H3/t8-,9-/m1/s1. The number of aromatic nitrogens is 2. The molecule has 0 aliphatic carbocycles. The fourth-order valence-corrected chi connectivity index (χ4v) is 3.05. The minimum Gasteiger partial charge on any atom is -0.379 e. The molecule has 3 rings (SSSR count). The molecule has 7 heteroatoms. The first-order chi connectivity index (χ1) is 9.63. The van der Waals surface area contributed by atoms with Crippen molar-refractivity contribution in [1.82, 2.24) is 9.97 Å². The maximum Gasteiger partial charge on any atom is 0.249 e. The molecule has 108 valence electrons. The predicted octanol–water partition coefficient (Wildman–Crippen LogP) is 1.48. The molecule has 1 aromatic heterocycles. The molecule has 0 unspecified atom stereocenters. The van der Waals surface area contributed by atoms with Crippen molar-refractivity contribution in [2.75, 3.05) is 30.1 Å². The molecular weight excluding hydrogens is 280 g/mol. The normalized spacial score (nSPS) is 26.1. The van der Waals surface area contributed by atoms with Crippen molar-refractivity contribution in [3.8, 4) is 0 Å². The van der Waals surface area contributed by atoms with Crippen LogP contribution >= 0.6 is 11.6 Å². The van der Waals surface area contributed by atoms with Gasteiger partial charge >= 0.3 is 0 Å². The molecule has 0 bridgehead atoms. The van der Waals surface area contributed by atoms with Gasteiger partial charge < -0.3 is 14.5 Å². The van der Waals surface area contributed by atoms with Crippen LogP contribution in [0.15, 0.2) is 6.20 Å². The number of carbonyl (C=O) groups excluding carboxylic acids is 1. The molecule has 0 saturated carbocycles. The van der Waals surface area contributed by atoms with E-state index < -0.39 is 0 Å². The molecule has 2 atom stereocenters. The van der Waals surface area contributed by atoms with Gasteiger partial charge in [-0.05, 0) is 24.4 Å². The fraction of sp³-hybridized carbons (Fsp3) is 0.615. The highest BCUT2D eigenvalue weighted by atomic mass is 35.5. The van der Waals surface area contributed by atoms with Gasteiger partial charge in [-0.15, -0.1) is 0 Å². The van der Waals surface area contributed by atoms with E-state index in [-0.39, 0.29) is 23.3 Å². The Morgan fingerprint density at radius 3 is 3.00 bits per heavy atom. The number of nitrogens with zero attached hydrogens (tertiary/aromatic N) is 4. The summed E-state index contributed by atoms with van der Waals surface area (Å²) in [5.41, 5.74) is 0.705. The van der Waals surface area contributed by atoms with Crippen LogP contribution in [0.5, 0.6) is 0 Å². The average molecular weight is 297 g/mol. The Morgan fingerprint density at radius 1 is 1.55 bits per heavy atom. The quantitative estimate of drug-likeness (QED) is 0.774. The molecule has 1 fully saturated rings. The molecule has 1 saturated heterocycles. The first-order valence-corrected chi connectivity index (χ1v) is 7.17. The summed E-state index contributed by atoms with van der Waals surface area (Å²) >= 11 is 5.94. The Hall–Kier alpha value is -1.40. The third-order valence-electron chi connectivity index (χ3n) is 3.96. The van der Waals surface area contributed by atoms with Crippen LogP contribution in [-0.4, -0.2) is 48.2 Å². The van der Waals surface area contributed by atoms with Crippen molar-refractivity contribution in [2.24, 2.45) is 0 Å². The number of carbonyl (C=O) groups is 1.